The van der Waals surface area contributed by atoms with Crippen molar-refractivity contribution < 1.29 is 36.2 Å². The quantitative estimate of drug-likeness (QED) is 0.0519. The Morgan fingerprint density at radius 3 is 1.49 bits per heavy atom. The van der Waals surface area contributed by atoms with Crippen molar-refractivity contribution in [3.05, 3.63) is 98.9 Å². The van der Waals surface area contributed by atoms with Gasteiger partial charge in [-0.3, -0.25) is 19.2 Å². The number of phenolic OH excluding ortho intramolecular Hbond substituents is 2. The lowest BCUT2D eigenvalue weighted by Crippen LogP contribution is -2.42. The van der Waals surface area contributed by atoms with Crippen molar-refractivity contribution in [2.24, 2.45) is 10.8 Å². The van der Waals surface area contributed by atoms with Gasteiger partial charge in [0, 0.05) is 26.2 Å². The zero-order chi connectivity index (χ0) is 49.6. The van der Waals surface area contributed by atoms with Crippen molar-refractivity contribution in [2.45, 2.75) is 120 Å². The molecule has 5 aromatic rings. The zero-order valence-electron chi connectivity index (χ0n) is 38.7. The van der Waals surface area contributed by atoms with Crippen LogP contribution in [-0.2, 0) is 20.0 Å². The molecule has 0 unspecified atom stereocenters. The number of ether oxygens (including phenoxy) is 1. The number of nitrogens with zero attached hydrogens (tertiary/aromatic N) is 2. The van der Waals surface area contributed by atoms with Gasteiger partial charge in [0.2, 0.25) is 20.0 Å². The summed E-state index contributed by atoms with van der Waals surface area (Å²) in [6.45, 7) is 7.06. The largest absolute Gasteiger partial charge is 0.504 e. The molecule has 1 aromatic heterocycles. The molecule has 4 aliphatic rings. The number of halogens is 2. The highest BCUT2D eigenvalue weighted by Crippen LogP contribution is 2.50. The standard InChI is InChI=1S/C27H32ClN3O6S.C21H25ClN2O6S/c1-3-18(20-9-6-16(2)37-20)29-21-22(25(34)24(21)33)30-19-8-7-17(28)26(23(19)32)38(35,36)31-14-12-27(13-15-31)10-4-5-11-27;1-2-30-19-15(17(26)18(19)27)23-14-6-5-13(22)20(16(14)25)31(28,29)24-11-9-21(10-12-24)7-3-4-8-21/h6-9,18,29-30,32H,3-5,10-15H2,1-2H3;5-6,23,25H,2-4,7-12H2,1H3/t18-;/m1./s1. The van der Waals surface area contributed by atoms with Gasteiger partial charge in [0.1, 0.15) is 38.4 Å². The molecule has 69 heavy (non-hydrogen) atoms. The van der Waals surface area contributed by atoms with Gasteiger partial charge in [-0.25, -0.2) is 16.8 Å². The molecule has 3 heterocycles. The van der Waals surface area contributed by atoms with Crippen LogP contribution in [0, 0.1) is 17.8 Å². The SMILES string of the molecule is CCOc1c(Nc2ccc(Cl)c(S(=O)(=O)N3CCC4(CCCC4)CC3)c2O)c(=O)c1=O.CC[C@@H](Nc1c(Nc2ccc(Cl)c(S(=O)(=O)N3CCC4(CCCC4)CC3)c2O)c(=O)c1=O)c1ccc(C)o1. The maximum atomic E-state index is 13.6. The minimum Gasteiger partial charge on any atom is -0.504 e. The van der Waals surface area contributed by atoms with E-state index in [1.165, 1.54) is 58.6 Å². The highest BCUT2D eigenvalue weighted by atomic mass is 35.5. The number of benzene rings is 2. The van der Waals surface area contributed by atoms with Crippen molar-refractivity contribution in [1.82, 2.24) is 8.61 Å². The van der Waals surface area contributed by atoms with Crippen LogP contribution in [0.1, 0.15) is 115 Å². The van der Waals surface area contributed by atoms with Crippen LogP contribution in [0.25, 0.3) is 0 Å². The van der Waals surface area contributed by atoms with Crippen LogP contribution in [0.4, 0.5) is 28.4 Å². The van der Waals surface area contributed by atoms with Gasteiger partial charge >= 0.3 is 0 Å². The van der Waals surface area contributed by atoms with Gasteiger partial charge in [-0.05, 0) is 119 Å². The van der Waals surface area contributed by atoms with Crippen LogP contribution in [0.2, 0.25) is 10.0 Å². The monoisotopic (exact) mass is 1030 g/mol. The number of anilines is 5. The molecular weight excluding hydrogens is 974 g/mol. The van der Waals surface area contributed by atoms with E-state index in [0.717, 1.165) is 57.1 Å². The van der Waals surface area contributed by atoms with Crippen LogP contribution in [0.5, 0.6) is 17.2 Å². The summed E-state index contributed by atoms with van der Waals surface area (Å²) < 4.78 is 67.4. The number of hydrogen-bond donors (Lipinski definition) is 5. The van der Waals surface area contributed by atoms with E-state index in [9.17, 15) is 46.2 Å². The first-order valence-corrected chi connectivity index (χ1v) is 27.1. The third-order valence-corrected chi connectivity index (χ3v) is 19.5. The number of phenols is 2. The van der Waals surface area contributed by atoms with Crippen LogP contribution in [0.15, 0.2) is 69.8 Å². The molecule has 2 saturated carbocycles. The number of hydrogen-bond acceptors (Lipinski definition) is 15. The Morgan fingerprint density at radius 2 is 1.07 bits per heavy atom. The van der Waals surface area contributed by atoms with E-state index < -0.39 is 63.1 Å². The van der Waals surface area contributed by atoms with Crippen molar-refractivity contribution in [3.63, 3.8) is 0 Å². The molecule has 2 aliphatic heterocycles. The fraction of sp³-hybridized carbons (Fsp3) is 0.500. The maximum Gasteiger partial charge on any atom is 0.272 e. The van der Waals surface area contributed by atoms with Gasteiger partial charge < -0.3 is 35.3 Å². The molecule has 0 radical (unpaired) electrons. The van der Waals surface area contributed by atoms with Crippen LogP contribution in [0.3, 0.4) is 0 Å². The molecule has 0 bridgehead atoms. The number of rotatable bonds is 14. The topological polar surface area (TPSA) is 242 Å². The van der Waals surface area contributed by atoms with Crippen molar-refractivity contribution in [2.75, 3.05) is 48.7 Å². The Hall–Kier alpha value is -4.92. The molecule has 1 atom stereocenters. The highest BCUT2D eigenvalue weighted by Gasteiger charge is 2.43. The molecule has 2 saturated heterocycles. The lowest BCUT2D eigenvalue weighted by molar-refractivity contribution is 0.160. The van der Waals surface area contributed by atoms with Gasteiger partial charge in [0.05, 0.1) is 34.1 Å². The first-order chi connectivity index (χ1) is 32.8. The molecule has 0 amide bonds. The van der Waals surface area contributed by atoms with E-state index in [1.807, 2.05) is 19.9 Å². The van der Waals surface area contributed by atoms with E-state index in [0.29, 0.717) is 38.4 Å². The number of aryl methyl sites for hydroxylation is 1. The summed E-state index contributed by atoms with van der Waals surface area (Å²) in [6, 6.07) is 8.69. The predicted molar refractivity (Wildman–Crippen MR) is 265 cm³/mol. The van der Waals surface area contributed by atoms with E-state index in [-0.39, 0.29) is 67.7 Å². The molecule has 2 aliphatic carbocycles. The average Bonchev–Trinajstić information content (AvgIpc) is 4.11. The number of piperidine rings is 2. The number of nitrogens with one attached hydrogen (secondary N) is 3. The highest BCUT2D eigenvalue weighted by molar-refractivity contribution is 7.89. The van der Waals surface area contributed by atoms with Gasteiger partial charge in [-0.2, -0.15) is 8.61 Å². The molecule has 4 aromatic carbocycles. The summed E-state index contributed by atoms with van der Waals surface area (Å²) in [5.74, 6) is 0.0165. The van der Waals surface area contributed by atoms with Gasteiger partial charge in [0.15, 0.2) is 17.2 Å². The summed E-state index contributed by atoms with van der Waals surface area (Å²) >= 11 is 12.5. The lowest BCUT2D eigenvalue weighted by Gasteiger charge is -2.38. The fourth-order valence-electron chi connectivity index (χ4n) is 10.6. The van der Waals surface area contributed by atoms with E-state index in [2.05, 4.69) is 16.0 Å². The third-order valence-electron chi connectivity index (χ3n) is 14.7. The summed E-state index contributed by atoms with van der Waals surface area (Å²) in [5.41, 5.74) is -2.77. The smallest absolute Gasteiger partial charge is 0.272 e. The molecule has 9 rings (SSSR count). The van der Waals surface area contributed by atoms with Crippen LogP contribution < -0.4 is 42.4 Å². The van der Waals surface area contributed by atoms with Crippen molar-refractivity contribution in [1.29, 1.82) is 0 Å². The molecule has 372 valence electrons. The first-order valence-electron chi connectivity index (χ1n) is 23.5. The minimum absolute atomic E-state index is 0.0331. The molecule has 21 heteroatoms. The summed E-state index contributed by atoms with van der Waals surface area (Å²) in [4.78, 5) is 47.6. The molecule has 2 spiro atoms. The van der Waals surface area contributed by atoms with Gasteiger partial charge in [-0.15, -0.1) is 0 Å². The maximum absolute atomic E-state index is 13.6. The second kappa shape index (κ2) is 19.7. The Kier molecular flexibility index (Phi) is 14.4. The Bertz CT molecular complexity index is 3110. The van der Waals surface area contributed by atoms with Crippen LogP contribution >= 0.6 is 23.2 Å². The van der Waals surface area contributed by atoms with Crippen LogP contribution in [-0.4, -0.2) is 68.4 Å². The average molecular weight is 1030 g/mol. The number of aromatic hydroxyl groups is 2. The minimum atomic E-state index is -4.10. The fourth-order valence-corrected chi connectivity index (χ4v) is 14.6. The summed E-state index contributed by atoms with van der Waals surface area (Å²) in [7, 11) is -8.15. The third kappa shape index (κ3) is 9.54. The van der Waals surface area contributed by atoms with Gasteiger partial charge in [-0.1, -0.05) is 55.8 Å². The summed E-state index contributed by atoms with van der Waals surface area (Å²) in [5, 5.41) is 30.0. The normalized spacial score (nSPS) is 18.9. The van der Waals surface area contributed by atoms with Crippen molar-refractivity contribution in [3.8, 4) is 17.2 Å². The molecule has 4 fully saturated rings. The second-order valence-corrected chi connectivity index (χ2v) is 23.3. The zero-order valence-corrected chi connectivity index (χ0v) is 41.9. The van der Waals surface area contributed by atoms with E-state index >= 15 is 0 Å². The van der Waals surface area contributed by atoms with E-state index in [4.69, 9.17) is 32.4 Å². The summed E-state index contributed by atoms with van der Waals surface area (Å²) in [6.07, 6.45) is 13.0. The Morgan fingerprint density at radius 1 is 0.638 bits per heavy atom. The van der Waals surface area contributed by atoms with Crippen molar-refractivity contribution >= 4 is 71.7 Å². The predicted octanol–water partition coefficient (Wildman–Crippen LogP) is 8.32. The molecule has 17 nitrogen and oxygen atoms in total. The number of furan rings is 1. The number of sulfonamides is 2. The first kappa shape index (κ1) is 50.5. The van der Waals surface area contributed by atoms with Gasteiger partial charge in [0.25, 0.3) is 21.7 Å². The Balaban J connectivity index is 0.000000190. The Labute approximate surface area is 410 Å². The molecular formula is C48H57Cl2N5O12S2. The molecule has 5 N–H and O–H groups in total. The second-order valence-electron chi connectivity index (χ2n) is 18.8. The lowest BCUT2D eigenvalue weighted by atomic mass is 9.78. The van der Waals surface area contributed by atoms with E-state index in [1.54, 1.807) is 13.0 Å².